The molecule has 110 valence electrons. The molecule has 2 rings (SSSR count). The van der Waals surface area contributed by atoms with E-state index in [0.29, 0.717) is 0 Å². The van der Waals surface area contributed by atoms with Crippen LogP contribution in [0, 0.1) is 0 Å². The van der Waals surface area contributed by atoms with Gasteiger partial charge in [-0.05, 0) is 18.2 Å². The summed E-state index contributed by atoms with van der Waals surface area (Å²) in [7, 11) is 0. The van der Waals surface area contributed by atoms with E-state index in [0.717, 1.165) is 12.3 Å². The highest BCUT2D eigenvalue weighted by molar-refractivity contribution is 9.10. The maximum atomic E-state index is 13.0. The van der Waals surface area contributed by atoms with E-state index in [1.54, 1.807) is 0 Å². The van der Waals surface area contributed by atoms with Gasteiger partial charge >= 0.3 is 12.1 Å². The van der Waals surface area contributed by atoms with Gasteiger partial charge in [0.15, 0.2) is 5.82 Å². The van der Waals surface area contributed by atoms with Gasteiger partial charge in [-0.25, -0.2) is 14.8 Å². The zero-order valence-electron chi connectivity index (χ0n) is 10.1. The summed E-state index contributed by atoms with van der Waals surface area (Å²) in [6.07, 6.45) is -3.73. The number of nitrogen functional groups attached to an aromatic ring is 1. The fourth-order valence-corrected chi connectivity index (χ4v) is 2.00. The monoisotopic (exact) mass is 361 g/mol. The molecule has 0 bridgehead atoms. The molecular weight excluding hydrogens is 355 g/mol. The van der Waals surface area contributed by atoms with E-state index in [1.165, 1.54) is 12.1 Å². The summed E-state index contributed by atoms with van der Waals surface area (Å²) >= 11 is 2.96. The third kappa shape index (κ3) is 3.13. The number of aromatic nitrogens is 2. The lowest BCUT2D eigenvalue weighted by atomic mass is 10.1. The Morgan fingerprint density at radius 2 is 2.00 bits per heavy atom. The van der Waals surface area contributed by atoms with Crippen LogP contribution < -0.4 is 5.73 Å². The third-order valence-corrected chi connectivity index (χ3v) is 3.07. The summed E-state index contributed by atoms with van der Waals surface area (Å²) < 4.78 is 39.3. The van der Waals surface area contributed by atoms with E-state index in [2.05, 4.69) is 25.9 Å². The molecule has 3 N–H and O–H groups in total. The number of carboxylic acids is 1. The molecule has 5 nitrogen and oxygen atoms in total. The van der Waals surface area contributed by atoms with Crippen molar-refractivity contribution in [1.29, 1.82) is 0 Å². The van der Waals surface area contributed by atoms with Crippen molar-refractivity contribution in [2.24, 2.45) is 0 Å². The molecule has 0 radical (unpaired) electrons. The molecule has 0 aliphatic carbocycles. The molecule has 1 heterocycles. The molecule has 1 aromatic carbocycles. The van der Waals surface area contributed by atoms with Crippen LogP contribution in [0.5, 0.6) is 0 Å². The molecule has 0 aliphatic heterocycles. The molecule has 0 spiro atoms. The Labute approximate surface area is 124 Å². The first-order chi connectivity index (χ1) is 9.70. The minimum absolute atomic E-state index is 0.244. The summed E-state index contributed by atoms with van der Waals surface area (Å²) in [5.41, 5.74) is 3.83. The van der Waals surface area contributed by atoms with Crippen LogP contribution in [0.1, 0.15) is 15.9 Å². The Kier molecular flexibility index (Phi) is 3.86. The van der Waals surface area contributed by atoms with Gasteiger partial charge in [0.1, 0.15) is 11.4 Å². The smallest absolute Gasteiger partial charge is 0.417 e. The van der Waals surface area contributed by atoms with E-state index in [4.69, 9.17) is 10.8 Å². The number of halogens is 4. The second kappa shape index (κ2) is 5.32. The van der Waals surface area contributed by atoms with Crippen LogP contribution in [0.3, 0.4) is 0 Å². The molecule has 0 aliphatic rings. The second-order valence-electron chi connectivity index (χ2n) is 3.99. The summed E-state index contributed by atoms with van der Waals surface area (Å²) in [5, 5.41) is 8.80. The molecule has 0 saturated carbocycles. The van der Waals surface area contributed by atoms with E-state index >= 15 is 0 Å². The first-order valence-corrected chi connectivity index (χ1v) is 6.22. The lowest BCUT2D eigenvalue weighted by molar-refractivity contribution is -0.137. The molecule has 21 heavy (non-hydrogen) atoms. The number of nitrogens with zero attached hydrogens (tertiary/aromatic N) is 2. The average Bonchev–Trinajstić information content (AvgIpc) is 2.37. The Balaban J connectivity index is 2.62. The fraction of sp³-hybridized carbons (Fsp3) is 0.0833. The first kappa shape index (κ1) is 15.2. The van der Waals surface area contributed by atoms with Gasteiger partial charge in [-0.1, -0.05) is 15.9 Å². The largest absolute Gasteiger partial charge is 0.477 e. The van der Waals surface area contributed by atoms with Crippen LogP contribution in [-0.4, -0.2) is 21.0 Å². The maximum absolute atomic E-state index is 13.0. The van der Waals surface area contributed by atoms with Gasteiger partial charge in [-0.3, -0.25) is 0 Å². The van der Waals surface area contributed by atoms with Gasteiger partial charge in [0.2, 0.25) is 0 Å². The topological polar surface area (TPSA) is 89.1 Å². The Bertz CT molecular complexity index is 719. The van der Waals surface area contributed by atoms with Crippen LogP contribution in [0.4, 0.5) is 19.0 Å². The molecule has 2 aromatic rings. The van der Waals surface area contributed by atoms with Gasteiger partial charge in [0.25, 0.3) is 0 Å². The van der Waals surface area contributed by atoms with E-state index < -0.39 is 23.5 Å². The van der Waals surface area contributed by atoms with Crippen molar-refractivity contribution >= 4 is 27.7 Å². The van der Waals surface area contributed by atoms with Crippen molar-refractivity contribution in [3.63, 3.8) is 0 Å². The number of hydrogen-bond donors (Lipinski definition) is 2. The highest BCUT2D eigenvalue weighted by Crippen LogP contribution is 2.37. The number of hydrogen-bond acceptors (Lipinski definition) is 4. The lowest BCUT2D eigenvalue weighted by Crippen LogP contribution is -2.10. The van der Waals surface area contributed by atoms with E-state index in [9.17, 15) is 18.0 Å². The second-order valence-corrected chi connectivity index (χ2v) is 4.90. The van der Waals surface area contributed by atoms with Crippen LogP contribution >= 0.6 is 15.9 Å². The number of alkyl halides is 3. The Hall–Kier alpha value is -2.16. The molecule has 0 unspecified atom stereocenters. The summed E-state index contributed by atoms with van der Waals surface area (Å²) in [5.74, 6) is -2.05. The fourth-order valence-electron chi connectivity index (χ4n) is 1.64. The number of carbonyl (C=O) groups is 1. The molecule has 0 amide bonds. The van der Waals surface area contributed by atoms with Crippen molar-refractivity contribution in [3.8, 4) is 11.4 Å². The maximum Gasteiger partial charge on any atom is 0.417 e. The zero-order valence-corrected chi connectivity index (χ0v) is 11.7. The molecule has 9 heteroatoms. The summed E-state index contributed by atoms with van der Waals surface area (Å²) in [6, 6.07) is 3.47. The predicted molar refractivity (Wildman–Crippen MR) is 71.5 cm³/mol. The first-order valence-electron chi connectivity index (χ1n) is 5.43. The molecular formula is C12H7BrF3N3O2. The quantitative estimate of drug-likeness (QED) is 0.857. The number of anilines is 1. The highest BCUT2D eigenvalue weighted by Gasteiger charge is 2.34. The number of aromatic carboxylic acids is 1. The summed E-state index contributed by atoms with van der Waals surface area (Å²) in [4.78, 5) is 18.1. The van der Waals surface area contributed by atoms with Crippen molar-refractivity contribution in [3.05, 3.63) is 40.0 Å². The van der Waals surface area contributed by atoms with E-state index in [-0.39, 0.29) is 21.4 Å². The summed E-state index contributed by atoms with van der Waals surface area (Å²) in [6.45, 7) is 0. The number of nitrogens with two attached hydrogens (primary N) is 1. The van der Waals surface area contributed by atoms with Crippen molar-refractivity contribution in [1.82, 2.24) is 9.97 Å². The molecule has 0 fully saturated rings. The highest BCUT2D eigenvalue weighted by atomic mass is 79.9. The van der Waals surface area contributed by atoms with Crippen LogP contribution in [0.15, 0.2) is 28.9 Å². The van der Waals surface area contributed by atoms with Gasteiger partial charge in [0.05, 0.1) is 5.56 Å². The van der Waals surface area contributed by atoms with Gasteiger partial charge in [-0.2, -0.15) is 13.2 Å². The predicted octanol–water partition coefficient (Wildman–Crippen LogP) is 3.21. The van der Waals surface area contributed by atoms with Crippen molar-refractivity contribution < 1.29 is 23.1 Å². The minimum Gasteiger partial charge on any atom is -0.477 e. The zero-order chi connectivity index (χ0) is 15.8. The van der Waals surface area contributed by atoms with Crippen LogP contribution in [0.2, 0.25) is 0 Å². The van der Waals surface area contributed by atoms with Gasteiger partial charge < -0.3 is 10.8 Å². The lowest BCUT2D eigenvalue weighted by Gasteiger charge is -2.13. The molecule has 0 saturated heterocycles. The van der Waals surface area contributed by atoms with Crippen molar-refractivity contribution in [2.75, 3.05) is 5.73 Å². The van der Waals surface area contributed by atoms with Crippen LogP contribution in [0.25, 0.3) is 11.4 Å². The average molecular weight is 362 g/mol. The Morgan fingerprint density at radius 3 is 2.52 bits per heavy atom. The Morgan fingerprint density at radius 1 is 1.33 bits per heavy atom. The minimum atomic E-state index is -4.61. The van der Waals surface area contributed by atoms with E-state index in [1.807, 2.05) is 0 Å². The number of rotatable bonds is 2. The SMILES string of the molecule is Nc1nc(-c2ccc(Br)cc2C(F)(F)F)ncc1C(=O)O. The van der Waals surface area contributed by atoms with Crippen molar-refractivity contribution in [2.45, 2.75) is 6.18 Å². The normalized spacial score (nSPS) is 11.4. The number of carboxylic acid groups (broad SMARTS) is 1. The number of benzene rings is 1. The van der Waals surface area contributed by atoms with Crippen LogP contribution in [-0.2, 0) is 6.18 Å². The third-order valence-electron chi connectivity index (χ3n) is 2.58. The van der Waals surface area contributed by atoms with Gasteiger partial charge in [0, 0.05) is 16.2 Å². The molecule has 1 aromatic heterocycles. The molecule has 0 atom stereocenters. The van der Waals surface area contributed by atoms with Gasteiger partial charge in [-0.15, -0.1) is 0 Å². The standard InChI is InChI=1S/C12H7BrF3N3O2/c13-5-1-2-6(8(3-5)12(14,15)16)10-18-4-7(11(20)21)9(17)19-10/h1-4H,(H,20,21)(H2,17,18,19).